The summed E-state index contributed by atoms with van der Waals surface area (Å²) in [5.74, 6) is -3.78. The van der Waals surface area contributed by atoms with E-state index in [4.69, 9.17) is 0 Å². The number of hydrogen-bond acceptors (Lipinski definition) is 2. The van der Waals surface area contributed by atoms with Crippen molar-refractivity contribution in [3.63, 3.8) is 0 Å². The van der Waals surface area contributed by atoms with Crippen molar-refractivity contribution in [3.05, 3.63) is 18.0 Å². The Kier molecular flexibility index (Phi) is 2.67. The molecule has 17 heavy (non-hydrogen) atoms. The fraction of sp³-hybridized carbons (Fsp3) is 0.636. The largest absolute Gasteiger partial charge is 0.481 e. The molecule has 1 heterocycles. The van der Waals surface area contributed by atoms with Gasteiger partial charge in [-0.25, -0.2) is 8.78 Å². The van der Waals surface area contributed by atoms with Gasteiger partial charge in [0.05, 0.1) is 5.69 Å². The lowest BCUT2D eigenvalue weighted by Crippen LogP contribution is -2.44. The number of alkyl halides is 2. The van der Waals surface area contributed by atoms with Crippen LogP contribution in [-0.4, -0.2) is 26.8 Å². The molecule has 4 nitrogen and oxygen atoms in total. The zero-order chi connectivity index (χ0) is 12.7. The summed E-state index contributed by atoms with van der Waals surface area (Å²) in [5.41, 5.74) is -0.715. The molecule has 1 aliphatic rings. The zero-order valence-electron chi connectivity index (χ0n) is 9.49. The topological polar surface area (TPSA) is 55.1 Å². The molecule has 0 aliphatic heterocycles. The van der Waals surface area contributed by atoms with Gasteiger partial charge in [-0.15, -0.1) is 0 Å². The molecule has 1 aliphatic carbocycles. The van der Waals surface area contributed by atoms with E-state index in [1.165, 1.54) is 10.9 Å². The smallest absolute Gasteiger partial charge is 0.315 e. The van der Waals surface area contributed by atoms with Crippen LogP contribution in [0.15, 0.2) is 12.3 Å². The fourth-order valence-electron chi connectivity index (χ4n) is 2.47. The van der Waals surface area contributed by atoms with E-state index in [0.717, 1.165) is 0 Å². The monoisotopic (exact) mass is 244 g/mol. The van der Waals surface area contributed by atoms with Gasteiger partial charge in [0, 0.05) is 26.1 Å². The van der Waals surface area contributed by atoms with Crippen LogP contribution in [0, 0.1) is 0 Å². The second-order valence-electron chi connectivity index (χ2n) is 4.58. The Hall–Kier alpha value is -1.46. The Morgan fingerprint density at radius 2 is 2.00 bits per heavy atom. The second-order valence-corrected chi connectivity index (χ2v) is 4.58. The van der Waals surface area contributed by atoms with Gasteiger partial charge in [-0.05, 0) is 18.9 Å². The van der Waals surface area contributed by atoms with Gasteiger partial charge < -0.3 is 5.11 Å². The van der Waals surface area contributed by atoms with Gasteiger partial charge in [0.1, 0.15) is 5.41 Å². The molecular formula is C11H14F2N2O2. The third kappa shape index (κ3) is 1.92. The van der Waals surface area contributed by atoms with E-state index in [0.29, 0.717) is 5.69 Å². The standard InChI is InChI=1S/C11H14F2N2O2/c1-15-8(2-7-14-15)10(9(16)17)3-5-11(12,13)6-4-10/h2,7H,3-6H2,1H3,(H,16,17). The lowest BCUT2D eigenvalue weighted by Gasteiger charge is -2.36. The molecule has 1 N–H and O–H groups in total. The SMILES string of the molecule is Cn1nccc1C1(C(=O)O)CCC(F)(F)CC1. The Bertz CT molecular complexity index is 432. The van der Waals surface area contributed by atoms with E-state index in [1.54, 1.807) is 13.1 Å². The first-order valence-corrected chi connectivity index (χ1v) is 5.47. The summed E-state index contributed by atoms with van der Waals surface area (Å²) in [6.45, 7) is 0. The van der Waals surface area contributed by atoms with E-state index in [-0.39, 0.29) is 25.7 Å². The summed E-state index contributed by atoms with van der Waals surface area (Å²) in [6, 6.07) is 1.59. The van der Waals surface area contributed by atoms with Crippen LogP contribution in [0.3, 0.4) is 0 Å². The number of aliphatic carboxylic acids is 1. The molecule has 0 spiro atoms. The van der Waals surface area contributed by atoms with Crippen LogP contribution in [0.5, 0.6) is 0 Å². The third-order valence-corrected chi connectivity index (χ3v) is 3.56. The maximum Gasteiger partial charge on any atom is 0.315 e. The molecule has 0 amide bonds. The first kappa shape index (κ1) is 12.0. The number of aromatic nitrogens is 2. The van der Waals surface area contributed by atoms with E-state index < -0.39 is 17.3 Å². The molecule has 0 unspecified atom stereocenters. The second kappa shape index (κ2) is 3.78. The Morgan fingerprint density at radius 1 is 1.41 bits per heavy atom. The summed E-state index contributed by atoms with van der Waals surface area (Å²) in [5, 5.41) is 13.3. The minimum atomic E-state index is -2.74. The van der Waals surface area contributed by atoms with Crippen molar-refractivity contribution < 1.29 is 18.7 Å². The van der Waals surface area contributed by atoms with Gasteiger partial charge in [-0.1, -0.05) is 0 Å². The summed E-state index contributed by atoms with van der Waals surface area (Å²) in [4.78, 5) is 11.5. The molecule has 0 aromatic carbocycles. The van der Waals surface area contributed by atoms with Crippen LogP contribution in [0.1, 0.15) is 31.4 Å². The third-order valence-electron chi connectivity index (χ3n) is 3.56. The quantitative estimate of drug-likeness (QED) is 0.865. The molecule has 0 atom stereocenters. The number of carbonyl (C=O) groups is 1. The number of carboxylic acids is 1. The van der Waals surface area contributed by atoms with Crippen molar-refractivity contribution in [2.75, 3.05) is 0 Å². The minimum Gasteiger partial charge on any atom is -0.481 e. The average Bonchev–Trinajstić information content (AvgIpc) is 2.65. The maximum atomic E-state index is 13.1. The lowest BCUT2D eigenvalue weighted by atomic mass is 9.70. The number of halogens is 2. The molecule has 0 saturated heterocycles. The van der Waals surface area contributed by atoms with Crippen molar-refractivity contribution in [2.24, 2.45) is 7.05 Å². The number of hydrogen-bond donors (Lipinski definition) is 1. The summed E-state index contributed by atoms with van der Waals surface area (Å²) >= 11 is 0. The minimum absolute atomic E-state index is 0.0468. The molecule has 0 bridgehead atoms. The van der Waals surface area contributed by atoms with Gasteiger partial charge in [-0.2, -0.15) is 5.10 Å². The van der Waals surface area contributed by atoms with Gasteiger partial charge in [0.25, 0.3) is 0 Å². The molecule has 1 aromatic rings. The van der Waals surface area contributed by atoms with Crippen LogP contribution in [0.25, 0.3) is 0 Å². The number of aryl methyl sites for hydroxylation is 1. The highest BCUT2D eigenvalue weighted by Crippen LogP contribution is 2.45. The Morgan fingerprint density at radius 3 is 2.41 bits per heavy atom. The van der Waals surface area contributed by atoms with Crippen LogP contribution in [0.2, 0.25) is 0 Å². The van der Waals surface area contributed by atoms with Crippen molar-refractivity contribution in [2.45, 2.75) is 37.0 Å². The molecule has 1 fully saturated rings. The summed E-state index contributed by atoms with van der Waals surface area (Å²) in [7, 11) is 1.63. The number of nitrogens with zero attached hydrogens (tertiary/aromatic N) is 2. The fourth-order valence-corrected chi connectivity index (χ4v) is 2.47. The first-order chi connectivity index (χ1) is 7.87. The van der Waals surface area contributed by atoms with E-state index >= 15 is 0 Å². The van der Waals surface area contributed by atoms with Crippen LogP contribution in [0.4, 0.5) is 8.78 Å². The first-order valence-electron chi connectivity index (χ1n) is 5.47. The van der Waals surface area contributed by atoms with Gasteiger partial charge >= 0.3 is 5.97 Å². The van der Waals surface area contributed by atoms with Crippen molar-refractivity contribution >= 4 is 5.97 Å². The summed E-state index contributed by atoms with van der Waals surface area (Å²) in [6.07, 6.45) is 0.630. The average molecular weight is 244 g/mol. The van der Waals surface area contributed by atoms with E-state index in [9.17, 15) is 18.7 Å². The van der Waals surface area contributed by atoms with Crippen molar-refractivity contribution in [3.8, 4) is 0 Å². The molecule has 2 rings (SSSR count). The van der Waals surface area contributed by atoms with E-state index in [1.807, 2.05) is 0 Å². The summed E-state index contributed by atoms with van der Waals surface area (Å²) < 4.78 is 27.7. The molecule has 1 aromatic heterocycles. The van der Waals surface area contributed by atoms with Gasteiger partial charge in [-0.3, -0.25) is 9.48 Å². The van der Waals surface area contributed by atoms with Crippen molar-refractivity contribution in [1.29, 1.82) is 0 Å². The lowest BCUT2D eigenvalue weighted by molar-refractivity contribution is -0.149. The number of rotatable bonds is 2. The van der Waals surface area contributed by atoms with Crippen LogP contribution < -0.4 is 0 Å². The van der Waals surface area contributed by atoms with Gasteiger partial charge in [0.15, 0.2) is 0 Å². The highest BCUT2D eigenvalue weighted by atomic mass is 19.3. The van der Waals surface area contributed by atoms with E-state index in [2.05, 4.69) is 5.10 Å². The highest BCUT2D eigenvalue weighted by Gasteiger charge is 2.50. The Balaban J connectivity index is 2.37. The maximum absolute atomic E-state index is 13.1. The predicted molar refractivity (Wildman–Crippen MR) is 55.9 cm³/mol. The molecule has 1 saturated carbocycles. The van der Waals surface area contributed by atoms with Crippen LogP contribution >= 0.6 is 0 Å². The van der Waals surface area contributed by atoms with Gasteiger partial charge in [0.2, 0.25) is 5.92 Å². The predicted octanol–water partition coefficient (Wildman–Crippen LogP) is 1.95. The molecule has 6 heteroatoms. The molecular weight excluding hydrogens is 230 g/mol. The normalized spacial score (nSPS) is 22.3. The molecule has 0 radical (unpaired) electrons. The van der Waals surface area contributed by atoms with Crippen molar-refractivity contribution in [1.82, 2.24) is 9.78 Å². The Labute approximate surface area is 97.2 Å². The number of carboxylic acid groups (broad SMARTS) is 1. The van der Waals surface area contributed by atoms with Crippen LogP contribution in [-0.2, 0) is 17.3 Å². The molecule has 94 valence electrons. The zero-order valence-corrected chi connectivity index (χ0v) is 9.49. The highest BCUT2D eigenvalue weighted by molar-refractivity contribution is 5.81.